The van der Waals surface area contributed by atoms with Gasteiger partial charge in [0.25, 0.3) is 0 Å². The van der Waals surface area contributed by atoms with Gasteiger partial charge in [0.1, 0.15) is 6.10 Å². The number of rotatable bonds is 4. The lowest BCUT2D eigenvalue weighted by Gasteiger charge is -2.37. The minimum Gasteiger partial charge on any atom is -0.493 e. The molecule has 2 heterocycles. The standard InChI is InChI=1S/C26H26F3NO4/c1-30-12-11-25-10-9-16(15-33-24(31)17-3-6-19(7-4-17)26(27,28)29)13-21(25)34-23-20(32-2)8-5-18(14-30)22(23)25/h3-10,16,21H,11-15H2,1-2H3/t16-,21?,25-/m0/s1. The third-order valence-electron chi connectivity index (χ3n) is 7.13. The van der Waals surface area contributed by atoms with Gasteiger partial charge in [-0.15, -0.1) is 0 Å². The number of benzene rings is 2. The lowest BCUT2D eigenvalue weighted by atomic mass is 9.67. The van der Waals surface area contributed by atoms with E-state index in [1.807, 2.05) is 6.07 Å². The van der Waals surface area contributed by atoms with Crippen LogP contribution in [0.2, 0.25) is 0 Å². The fraction of sp³-hybridized carbons (Fsp3) is 0.423. The maximum atomic E-state index is 12.8. The highest BCUT2D eigenvalue weighted by Crippen LogP contribution is 2.56. The highest BCUT2D eigenvalue weighted by atomic mass is 19.4. The molecule has 3 atom stereocenters. The van der Waals surface area contributed by atoms with E-state index in [1.54, 1.807) is 7.11 Å². The van der Waals surface area contributed by atoms with Crippen molar-refractivity contribution in [1.29, 1.82) is 0 Å². The number of esters is 1. The van der Waals surface area contributed by atoms with Gasteiger partial charge in [0.2, 0.25) is 0 Å². The average Bonchev–Trinajstić information content (AvgIpc) is 3.08. The number of carbonyl (C=O) groups excluding carboxylic acids is 1. The van der Waals surface area contributed by atoms with E-state index in [4.69, 9.17) is 14.2 Å². The summed E-state index contributed by atoms with van der Waals surface area (Å²) in [4.78, 5) is 14.7. The van der Waals surface area contributed by atoms with Gasteiger partial charge in [-0.1, -0.05) is 18.2 Å². The zero-order valence-corrected chi connectivity index (χ0v) is 19.0. The summed E-state index contributed by atoms with van der Waals surface area (Å²) < 4.78 is 55.8. The number of carbonyl (C=O) groups is 1. The summed E-state index contributed by atoms with van der Waals surface area (Å²) in [5.74, 6) is 0.819. The van der Waals surface area contributed by atoms with E-state index in [0.29, 0.717) is 6.42 Å². The third-order valence-corrected chi connectivity index (χ3v) is 7.13. The molecule has 0 aromatic heterocycles. The van der Waals surface area contributed by atoms with Crippen LogP contribution in [0.25, 0.3) is 0 Å². The number of ether oxygens (including phenoxy) is 3. The van der Waals surface area contributed by atoms with Gasteiger partial charge >= 0.3 is 12.1 Å². The van der Waals surface area contributed by atoms with Crippen molar-refractivity contribution >= 4 is 5.97 Å². The quantitative estimate of drug-likeness (QED) is 0.463. The topological polar surface area (TPSA) is 48.0 Å². The molecule has 1 aliphatic carbocycles. The SMILES string of the molecule is COc1ccc2c3c1OC1C[C@@H](COC(=O)c4ccc(C(F)(F)F)cc4)C=C[C@@]31CCN(C)C2. The van der Waals surface area contributed by atoms with Crippen LogP contribution in [0, 0.1) is 5.92 Å². The van der Waals surface area contributed by atoms with Crippen molar-refractivity contribution < 1.29 is 32.2 Å². The summed E-state index contributed by atoms with van der Waals surface area (Å²) in [6, 6.07) is 8.12. The zero-order chi connectivity index (χ0) is 24.1. The number of alkyl halides is 3. The van der Waals surface area contributed by atoms with Crippen molar-refractivity contribution in [2.24, 2.45) is 5.92 Å². The van der Waals surface area contributed by atoms with E-state index in [2.05, 4.69) is 30.2 Å². The first-order valence-electron chi connectivity index (χ1n) is 11.3. The van der Waals surface area contributed by atoms with Gasteiger partial charge in [0, 0.05) is 18.0 Å². The van der Waals surface area contributed by atoms with Gasteiger partial charge in [0.15, 0.2) is 11.5 Å². The fourth-order valence-corrected chi connectivity index (χ4v) is 5.34. The van der Waals surface area contributed by atoms with Crippen molar-refractivity contribution in [3.05, 3.63) is 70.8 Å². The Morgan fingerprint density at radius 3 is 2.68 bits per heavy atom. The van der Waals surface area contributed by atoms with Gasteiger partial charge in [-0.25, -0.2) is 4.79 Å². The Balaban J connectivity index is 1.32. The highest BCUT2D eigenvalue weighted by molar-refractivity contribution is 5.89. The summed E-state index contributed by atoms with van der Waals surface area (Å²) in [7, 11) is 3.75. The minimum atomic E-state index is -4.44. The van der Waals surface area contributed by atoms with E-state index in [-0.39, 0.29) is 29.6 Å². The number of methoxy groups -OCH3 is 1. The van der Waals surface area contributed by atoms with Crippen LogP contribution in [-0.2, 0) is 22.9 Å². The molecule has 0 amide bonds. The molecule has 0 saturated heterocycles. The summed E-state index contributed by atoms with van der Waals surface area (Å²) in [5, 5.41) is 0. The molecule has 3 aliphatic rings. The van der Waals surface area contributed by atoms with Crippen LogP contribution in [-0.4, -0.2) is 44.3 Å². The molecule has 2 aromatic carbocycles. The van der Waals surface area contributed by atoms with Crippen LogP contribution in [0.4, 0.5) is 13.2 Å². The second-order valence-electron chi connectivity index (χ2n) is 9.29. The second kappa shape index (κ2) is 8.34. The lowest BCUT2D eigenvalue weighted by Crippen LogP contribution is -2.42. The molecule has 34 heavy (non-hydrogen) atoms. The average molecular weight is 473 g/mol. The molecule has 5 nitrogen and oxygen atoms in total. The Morgan fingerprint density at radius 2 is 1.97 bits per heavy atom. The Hall–Kier alpha value is -3.00. The molecule has 1 spiro atoms. The van der Waals surface area contributed by atoms with Crippen molar-refractivity contribution in [2.75, 3.05) is 27.3 Å². The van der Waals surface area contributed by atoms with E-state index in [9.17, 15) is 18.0 Å². The van der Waals surface area contributed by atoms with Gasteiger partial charge < -0.3 is 19.1 Å². The molecule has 2 aromatic rings. The van der Waals surface area contributed by atoms with Gasteiger partial charge in [-0.3, -0.25) is 0 Å². The van der Waals surface area contributed by atoms with Crippen molar-refractivity contribution in [2.45, 2.75) is 37.1 Å². The molecule has 5 rings (SSSR count). The largest absolute Gasteiger partial charge is 0.493 e. The van der Waals surface area contributed by atoms with Crippen LogP contribution < -0.4 is 9.47 Å². The zero-order valence-electron chi connectivity index (χ0n) is 19.0. The van der Waals surface area contributed by atoms with Crippen LogP contribution in [0.1, 0.15) is 39.9 Å². The number of hydrogen-bond acceptors (Lipinski definition) is 5. The molecule has 8 heteroatoms. The molecule has 0 saturated carbocycles. The number of nitrogens with zero attached hydrogens (tertiary/aromatic N) is 1. The molecule has 180 valence electrons. The molecular weight excluding hydrogens is 447 g/mol. The molecule has 0 fully saturated rings. The van der Waals surface area contributed by atoms with Crippen molar-refractivity contribution in [1.82, 2.24) is 4.90 Å². The van der Waals surface area contributed by atoms with Crippen LogP contribution in [0.5, 0.6) is 11.5 Å². The van der Waals surface area contributed by atoms with Crippen LogP contribution >= 0.6 is 0 Å². The van der Waals surface area contributed by atoms with Crippen molar-refractivity contribution in [3.8, 4) is 11.5 Å². The third kappa shape index (κ3) is 3.83. The molecule has 0 bridgehead atoms. The second-order valence-corrected chi connectivity index (χ2v) is 9.29. The van der Waals surface area contributed by atoms with E-state index >= 15 is 0 Å². The van der Waals surface area contributed by atoms with E-state index in [0.717, 1.165) is 55.3 Å². The summed E-state index contributed by atoms with van der Waals surface area (Å²) >= 11 is 0. The molecular formula is C26H26F3NO4. The maximum absolute atomic E-state index is 12.8. The summed E-state index contributed by atoms with van der Waals surface area (Å²) in [6.45, 7) is 1.90. The summed E-state index contributed by atoms with van der Waals surface area (Å²) in [5.41, 5.74) is 1.46. The Labute approximate surface area is 196 Å². The Kier molecular flexibility index (Phi) is 5.59. The van der Waals surface area contributed by atoms with Crippen LogP contribution in [0.3, 0.4) is 0 Å². The van der Waals surface area contributed by atoms with Gasteiger partial charge in [-0.05, 0) is 62.3 Å². The van der Waals surface area contributed by atoms with Crippen molar-refractivity contribution in [3.63, 3.8) is 0 Å². The Morgan fingerprint density at radius 1 is 1.21 bits per heavy atom. The van der Waals surface area contributed by atoms with E-state index < -0.39 is 17.7 Å². The normalized spacial score (nSPS) is 25.7. The molecule has 1 unspecified atom stereocenters. The highest BCUT2D eigenvalue weighted by Gasteiger charge is 2.52. The lowest BCUT2D eigenvalue weighted by molar-refractivity contribution is -0.137. The smallest absolute Gasteiger partial charge is 0.416 e. The number of halogens is 3. The summed E-state index contributed by atoms with van der Waals surface area (Å²) in [6.07, 6.45) is 1.31. The fourth-order valence-electron chi connectivity index (χ4n) is 5.34. The van der Waals surface area contributed by atoms with E-state index in [1.165, 1.54) is 11.1 Å². The predicted octanol–water partition coefficient (Wildman–Crippen LogP) is 4.98. The minimum absolute atomic E-state index is 0.0567. The molecule has 0 radical (unpaired) electrons. The Bertz CT molecular complexity index is 1130. The number of hydrogen-bond donors (Lipinski definition) is 0. The maximum Gasteiger partial charge on any atom is 0.416 e. The van der Waals surface area contributed by atoms with Gasteiger partial charge in [-0.2, -0.15) is 13.2 Å². The first-order chi connectivity index (χ1) is 16.2. The molecule has 2 aliphatic heterocycles. The van der Waals surface area contributed by atoms with Gasteiger partial charge in [0.05, 0.1) is 30.3 Å². The first kappa shape index (κ1) is 22.8. The predicted molar refractivity (Wildman–Crippen MR) is 119 cm³/mol. The van der Waals surface area contributed by atoms with Crippen LogP contribution in [0.15, 0.2) is 48.6 Å². The first-order valence-corrected chi connectivity index (χ1v) is 11.3. The molecule has 0 N–H and O–H groups in total. The monoisotopic (exact) mass is 473 g/mol.